The predicted octanol–water partition coefficient (Wildman–Crippen LogP) is 6.34. The van der Waals surface area contributed by atoms with Crippen molar-refractivity contribution in [3.8, 4) is 0 Å². The fourth-order valence-electron chi connectivity index (χ4n) is 3.24. The molecule has 2 aliphatic rings. The molecule has 4 atom stereocenters. The molecule has 3 nitrogen and oxygen atoms in total. The van der Waals surface area contributed by atoms with Gasteiger partial charge in [-0.05, 0) is 51.4 Å². The minimum atomic E-state index is 0.190. The Balaban J connectivity index is 1.59. The van der Waals surface area contributed by atoms with Crippen molar-refractivity contribution in [3.05, 3.63) is 48.6 Å². The van der Waals surface area contributed by atoms with Gasteiger partial charge in [-0.3, -0.25) is 4.99 Å². The average Bonchev–Trinajstić information content (AvgIpc) is 3.23. The van der Waals surface area contributed by atoms with Crippen LogP contribution in [0.5, 0.6) is 0 Å². The number of hydrogen-bond donors (Lipinski definition) is 0. The van der Waals surface area contributed by atoms with Gasteiger partial charge in [0.15, 0.2) is 0 Å². The Hall–Kier alpha value is -1.10. The normalized spacial score (nSPS) is 26.2. The minimum Gasteiger partial charge on any atom is -0.359 e. The second-order valence-corrected chi connectivity index (χ2v) is 8.91. The van der Waals surface area contributed by atoms with Crippen LogP contribution in [0, 0.1) is 11.8 Å². The molecule has 1 fully saturated rings. The van der Waals surface area contributed by atoms with Gasteiger partial charge in [0.1, 0.15) is 6.79 Å². The minimum absolute atomic E-state index is 0.190. The van der Waals surface area contributed by atoms with Crippen LogP contribution in [0.15, 0.2) is 53.6 Å². The number of allylic oxidation sites excluding steroid dienone is 5. The van der Waals surface area contributed by atoms with Gasteiger partial charge >= 0.3 is 0 Å². The summed E-state index contributed by atoms with van der Waals surface area (Å²) in [6.45, 7) is 8.66. The monoisotopic (exact) mass is 403 g/mol. The maximum atomic E-state index is 5.67. The van der Waals surface area contributed by atoms with Gasteiger partial charge in [-0.1, -0.05) is 49.0 Å². The third kappa shape index (κ3) is 8.93. The fraction of sp³-hybridized carbons (Fsp3) is 0.625. The summed E-state index contributed by atoms with van der Waals surface area (Å²) in [5.41, 5.74) is 1.38. The summed E-state index contributed by atoms with van der Waals surface area (Å²) < 4.78 is 10.7. The van der Waals surface area contributed by atoms with Gasteiger partial charge < -0.3 is 9.47 Å². The number of nitrogens with zero attached hydrogens (tertiary/aromatic N) is 1. The molecule has 0 saturated heterocycles. The highest BCUT2D eigenvalue weighted by Gasteiger charge is 2.39. The second-order valence-electron chi connectivity index (χ2n) is 7.87. The van der Waals surface area contributed by atoms with Gasteiger partial charge in [0.25, 0.3) is 0 Å². The van der Waals surface area contributed by atoms with Crippen LogP contribution in [-0.4, -0.2) is 36.8 Å². The highest BCUT2D eigenvalue weighted by molar-refractivity contribution is 8.14. The van der Waals surface area contributed by atoms with Crippen molar-refractivity contribution in [2.75, 3.05) is 19.7 Å². The van der Waals surface area contributed by atoms with Gasteiger partial charge in [-0.2, -0.15) is 0 Å². The Morgan fingerprint density at radius 3 is 2.86 bits per heavy atom. The van der Waals surface area contributed by atoms with Crippen molar-refractivity contribution < 1.29 is 9.47 Å². The molecule has 1 heterocycles. The van der Waals surface area contributed by atoms with E-state index in [-0.39, 0.29) is 6.10 Å². The molecule has 2 rings (SSSR count). The molecule has 28 heavy (non-hydrogen) atoms. The van der Waals surface area contributed by atoms with Crippen LogP contribution in [0.4, 0.5) is 0 Å². The van der Waals surface area contributed by atoms with Crippen molar-refractivity contribution >= 4 is 16.8 Å². The Bertz CT molecular complexity index is 593. The molecular weight excluding hydrogens is 366 g/mol. The number of methoxy groups -OCH3 is 1. The predicted molar refractivity (Wildman–Crippen MR) is 123 cm³/mol. The lowest BCUT2D eigenvalue weighted by molar-refractivity contribution is -0.0725. The van der Waals surface area contributed by atoms with Gasteiger partial charge in [-0.15, -0.1) is 18.3 Å². The van der Waals surface area contributed by atoms with Crippen LogP contribution < -0.4 is 0 Å². The maximum absolute atomic E-state index is 5.67. The zero-order valence-electron chi connectivity index (χ0n) is 17.8. The highest BCUT2D eigenvalue weighted by atomic mass is 32.2. The van der Waals surface area contributed by atoms with E-state index in [4.69, 9.17) is 14.5 Å². The molecular formula is C24H37NO2S. The quantitative estimate of drug-likeness (QED) is 0.147. The molecule has 0 amide bonds. The Labute approximate surface area is 176 Å². The number of thioether (sulfide) groups is 1. The molecule has 156 valence electrons. The third-order valence-corrected chi connectivity index (χ3v) is 6.42. The van der Waals surface area contributed by atoms with Crippen LogP contribution in [0.1, 0.15) is 52.4 Å². The number of rotatable bonds is 14. The molecule has 0 radical (unpaired) electrons. The molecule has 0 aromatic rings. The summed E-state index contributed by atoms with van der Waals surface area (Å²) in [5, 5.41) is 1.41. The average molecular weight is 404 g/mol. The molecule has 1 aliphatic carbocycles. The van der Waals surface area contributed by atoms with Crippen LogP contribution in [0.25, 0.3) is 0 Å². The highest BCUT2D eigenvalue weighted by Crippen LogP contribution is 2.44. The molecule has 2 unspecified atom stereocenters. The lowest BCUT2D eigenvalue weighted by Gasteiger charge is -2.15. The summed E-state index contributed by atoms with van der Waals surface area (Å²) in [4.78, 5) is 4.87. The summed E-state index contributed by atoms with van der Waals surface area (Å²) in [6.07, 6.45) is 19.7. The number of unbranched alkanes of at least 4 members (excludes halogenated alkanes) is 1. The van der Waals surface area contributed by atoms with Gasteiger partial charge in [-0.25, -0.2) is 0 Å². The van der Waals surface area contributed by atoms with E-state index in [1.165, 1.54) is 17.0 Å². The summed E-state index contributed by atoms with van der Waals surface area (Å²) >= 11 is 1.97. The van der Waals surface area contributed by atoms with Crippen molar-refractivity contribution in [3.63, 3.8) is 0 Å². The SMILES string of the molecule is C=CCC(CCC(C)=CC=CCCC=CC1CSC([C@@H]2C[C@@H]2C)=N1)OCOC. The lowest BCUT2D eigenvalue weighted by Crippen LogP contribution is -2.13. The van der Waals surface area contributed by atoms with Crippen LogP contribution in [0.3, 0.4) is 0 Å². The van der Waals surface area contributed by atoms with Crippen LogP contribution in [0.2, 0.25) is 0 Å². The largest absolute Gasteiger partial charge is 0.359 e. The smallest absolute Gasteiger partial charge is 0.146 e. The number of aliphatic imine (C=N–C) groups is 1. The molecule has 4 heteroatoms. The summed E-state index contributed by atoms with van der Waals surface area (Å²) in [7, 11) is 1.65. The van der Waals surface area contributed by atoms with Crippen LogP contribution >= 0.6 is 11.8 Å². The van der Waals surface area contributed by atoms with Crippen molar-refractivity contribution in [2.24, 2.45) is 16.8 Å². The Morgan fingerprint density at radius 1 is 1.36 bits per heavy atom. The zero-order valence-corrected chi connectivity index (χ0v) is 18.6. The standard InChI is InChI=1S/C24H37NO2S/c1-5-11-22(27-18-26-4)15-14-19(2)12-9-7-6-8-10-13-21-17-28-24(25-21)23-16-20(23)3/h5,7,9-10,12-13,20-23H,1,6,8,11,14-18H2,2-4H3/t20-,21?,22?,23+/m0/s1. The van der Waals surface area contributed by atoms with Gasteiger partial charge in [0.2, 0.25) is 0 Å². The van der Waals surface area contributed by atoms with Crippen molar-refractivity contribution in [1.82, 2.24) is 0 Å². The third-order valence-electron chi connectivity index (χ3n) is 5.21. The van der Waals surface area contributed by atoms with Gasteiger partial charge in [0.05, 0.1) is 17.2 Å². The maximum Gasteiger partial charge on any atom is 0.146 e. The first-order valence-corrected chi connectivity index (χ1v) is 11.5. The zero-order chi connectivity index (χ0) is 20.2. The first-order chi connectivity index (χ1) is 13.6. The van der Waals surface area contributed by atoms with Crippen LogP contribution in [-0.2, 0) is 9.47 Å². The first kappa shape index (κ1) is 23.2. The first-order valence-electron chi connectivity index (χ1n) is 10.5. The molecule has 0 spiro atoms. The van der Waals surface area contributed by atoms with E-state index in [9.17, 15) is 0 Å². The van der Waals surface area contributed by atoms with E-state index < -0.39 is 0 Å². The van der Waals surface area contributed by atoms with Gasteiger partial charge in [0, 0.05) is 18.8 Å². The molecule has 0 N–H and O–H groups in total. The summed E-state index contributed by atoms with van der Waals surface area (Å²) in [6, 6.07) is 0.405. The summed E-state index contributed by atoms with van der Waals surface area (Å²) in [5.74, 6) is 2.77. The second kappa shape index (κ2) is 13.2. The Kier molecular flexibility index (Phi) is 10.9. The van der Waals surface area contributed by atoms with Crippen molar-refractivity contribution in [2.45, 2.75) is 64.5 Å². The van der Waals surface area contributed by atoms with E-state index >= 15 is 0 Å². The van der Waals surface area contributed by atoms with E-state index in [1.807, 2.05) is 17.8 Å². The molecule has 0 aromatic heterocycles. The number of ether oxygens (including phenoxy) is 2. The topological polar surface area (TPSA) is 30.8 Å². The van der Waals surface area contributed by atoms with E-state index in [0.717, 1.165) is 49.7 Å². The number of hydrogen-bond acceptors (Lipinski definition) is 4. The molecule has 0 aromatic carbocycles. The van der Waals surface area contributed by atoms with E-state index in [2.05, 4.69) is 50.8 Å². The lowest BCUT2D eigenvalue weighted by atomic mass is 10.1. The van der Waals surface area contributed by atoms with Crippen molar-refractivity contribution in [1.29, 1.82) is 0 Å². The molecule has 1 saturated carbocycles. The van der Waals surface area contributed by atoms with E-state index in [1.54, 1.807) is 7.11 Å². The van der Waals surface area contributed by atoms with E-state index in [0.29, 0.717) is 12.8 Å². The Morgan fingerprint density at radius 2 is 2.14 bits per heavy atom. The fourth-order valence-corrected chi connectivity index (χ4v) is 4.52. The molecule has 0 bridgehead atoms. The molecule has 1 aliphatic heterocycles.